The molecule has 0 bridgehead atoms. The topological polar surface area (TPSA) is 54.4 Å². The van der Waals surface area contributed by atoms with E-state index in [1.165, 1.54) is 0 Å². The zero-order valence-corrected chi connectivity index (χ0v) is 11.0. The van der Waals surface area contributed by atoms with E-state index in [4.69, 9.17) is 27.8 Å². The smallest absolute Gasteiger partial charge is 1.00 e. The minimum Gasteiger partial charge on any atom is -1.00 e. The Morgan fingerprint density at radius 2 is 2.00 bits per heavy atom. The van der Waals surface area contributed by atoms with Crippen molar-refractivity contribution in [2.24, 2.45) is 0 Å². The molecule has 0 aromatic carbocycles. The molecule has 1 rings (SSSR count). The van der Waals surface area contributed by atoms with Crippen LogP contribution in [0.3, 0.4) is 0 Å². The van der Waals surface area contributed by atoms with Gasteiger partial charge in [0, 0.05) is 0 Å². The number of thiophene rings is 1. The van der Waals surface area contributed by atoms with Crippen LogP contribution in [0, 0.1) is 0 Å². The van der Waals surface area contributed by atoms with Crippen molar-refractivity contribution in [3.8, 4) is 0 Å². The van der Waals surface area contributed by atoms with Gasteiger partial charge in [0.2, 0.25) is 0 Å². The summed E-state index contributed by atoms with van der Waals surface area (Å²) in [4.78, 5) is -0.339. The first-order chi connectivity index (χ1) is 4.91. The maximum Gasteiger partial charge on any atom is 2.00 e. The predicted octanol–water partition coefficient (Wildman–Crippen LogP) is 2.15. The van der Waals surface area contributed by atoms with Crippen LogP contribution in [0.4, 0.5) is 0 Å². The van der Waals surface area contributed by atoms with E-state index in [0.29, 0.717) is 0 Å². The molecular formula is C4H4CaCl2O3S2. The molecule has 66 valence electrons. The zero-order valence-electron chi connectivity index (χ0n) is 7.62. The van der Waals surface area contributed by atoms with Gasteiger partial charge in [-0.25, -0.2) is 0 Å². The van der Waals surface area contributed by atoms with Gasteiger partial charge in [-0.15, -0.1) is 11.3 Å². The molecule has 0 aliphatic heterocycles. The van der Waals surface area contributed by atoms with E-state index < -0.39 is 10.1 Å². The van der Waals surface area contributed by atoms with Gasteiger partial charge in [-0.2, -0.15) is 8.42 Å². The molecule has 0 aliphatic rings. The van der Waals surface area contributed by atoms with Crippen LogP contribution in [-0.2, 0) is 10.1 Å². The Balaban J connectivity index is -0.000000403. The predicted molar refractivity (Wildman–Crippen MR) is 52.1 cm³/mol. The van der Waals surface area contributed by atoms with Crippen LogP contribution in [0.15, 0.2) is 11.0 Å². The van der Waals surface area contributed by atoms with Crippen LogP contribution in [0.1, 0.15) is 2.85 Å². The Labute approximate surface area is 116 Å². The van der Waals surface area contributed by atoms with Crippen molar-refractivity contribution in [2.45, 2.75) is 4.90 Å². The normalized spacial score (nSPS) is 10.9. The van der Waals surface area contributed by atoms with Crippen LogP contribution in [0.2, 0.25) is 8.67 Å². The molecule has 0 saturated heterocycles. The number of halogens is 2. The second-order valence-electron chi connectivity index (χ2n) is 1.66. The van der Waals surface area contributed by atoms with Crippen molar-refractivity contribution in [3.05, 3.63) is 14.7 Å². The minimum atomic E-state index is -4.22. The van der Waals surface area contributed by atoms with E-state index in [0.717, 1.165) is 17.4 Å². The fourth-order valence-corrected chi connectivity index (χ4v) is 3.11. The molecule has 0 spiro atoms. The number of hydrogen-bond acceptors (Lipinski definition) is 3. The molecule has 0 amide bonds. The Hall–Kier alpha value is 1.45. The summed E-state index contributed by atoms with van der Waals surface area (Å²) in [6, 6.07) is 1.10. The maximum absolute atomic E-state index is 10.5. The van der Waals surface area contributed by atoms with Crippen LogP contribution >= 0.6 is 34.5 Å². The van der Waals surface area contributed by atoms with Gasteiger partial charge in [-0.3, -0.25) is 4.55 Å². The summed E-state index contributed by atoms with van der Waals surface area (Å²) in [5.41, 5.74) is 0. The van der Waals surface area contributed by atoms with Gasteiger partial charge in [0.25, 0.3) is 10.1 Å². The molecule has 1 aromatic rings. The maximum atomic E-state index is 10.5. The van der Waals surface area contributed by atoms with Crippen molar-refractivity contribution < 1.29 is 15.8 Å². The van der Waals surface area contributed by atoms with Crippen molar-refractivity contribution >= 4 is 82.4 Å². The third kappa shape index (κ3) is 3.31. The van der Waals surface area contributed by atoms with E-state index >= 15 is 0 Å². The van der Waals surface area contributed by atoms with E-state index in [1.54, 1.807) is 0 Å². The summed E-state index contributed by atoms with van der Waals surface area (Å²) in [7, 11) is -4.22. The summed E-state index contributed by atoms with van der Waals surface area (Å²) in [6.07, 6.45) is 0. The summed E-state index contributed by atoms with van der Waals surface area (Å²) < 4.78 is 29.7. The van der Waals surface area contributed by atoms with Gasteiger partial charge in [0.15, 0.2) is 0 Å². The molecular weight excluding hydrogens is 271 g/mol. The first kappa shape index (κ1) is 13.4. The molecule has 0 fully saturated rings. The van der Waals surface area contributed by atoms with Gasteiger partial charge in [0.05, 0.1) is 4.34 Å². The van der Waals surface area contributed by atoms with Crippen molar-refractivity contribution in [1.82, 2.24) is 0 Å². The Kier molecular flexibility index (Phi) is 5.37. The van der Waals surface area contributed by atoms with Gasteiger partial charge < -0.3 is 2.85 Å². The summed E-state index contributed by atoms with van der Waals surface area (Å²) in [5.74, 6) is 0. The van der Waals surface area contributed by atoms with Gasteiger partial charge in [-0.1, -0.05) is 23.2 Å². The quantitative estimate of drug-likeness (QED) is 0.631. The standard InChI is InChI=1S/C4H2Cl2O3S2.Ca.2H/c5-3-1-2(4(6)10-3)11(7,8)9;;;/h1H,(H,7,8,9);;;/q;+2;2*-1. The Bertz CT molecular complexity index is 380. The summed E-state index contributed by atoms with van der Waals surface area (Å²) in [5, 5.41) is 0. The van der Waals surface area contributed by atoms with E-state index in [1.807, 2.05) is 0 Å². The monoisotopic (exact) mass is 274 g/mol. The first-order valence-electron chi connectivity index (χ1n) is 2.33. The molecule has 0 radical (unpaired) electrons. The molecule has 0 unspecified atom stereocenters. The molecule has 1 N–H and O–H groups in total. The number of hydrogen-bond donors (Lipinski definition) is 1. The third-order valence-corrected chi connectivity index (χ3v) is 3.51. The molecule has 1 heterocycles. The average molecular weight is 275 g/mol. The van der Waals surface area contributed by atoms with Crippen LogP contribution in [0.25, 0.3) is 0 Å². The third-order valence-electron chi connectivity index (χ3n) is 0.903. The van der Waals surface area contributed by atoms with E-state index in [9.17, 15) is 8.42 Å². The Morgan fingerprint density at radius 3 is 2.17 bits per heavy atom. The van der Waals surface area contributed by atoms with Crippen molar-refractivity contribution in [2.75, 3.05) is 0 Å². The molecule has 1 aromatic heterocycles. The first-order valence-corrected chi connectivity index (χ1v) is 5.35. The van der Waals surface area contributed by atoms with Crippen LogP contribution < -0.4 is 0 Å². The second-order valence-corrected chi connectivity index (χ2v) is 5.34. The van der Waals surface area contributed by atoms with Crippen molar-refractivity contribution in [1.29, 1.82) is 0 Å². The van der Waals surface area contributed by atoms with Crippen LogP contribution in [0.5, 0.6) is 0 Å². The van der Waals surface area contributed by atoms with Crippen molar-refractivity contribution in [3.63, 3.8) is 0 Å². The van der Waals surface area contributed by atoms with Crippen LogP contribution in [-0.4, -0.2) is 50.7 Å². The molecule has 0 atom stereocenters. The average Bonchev–Trinajstić information content (AvgIpc) is 2.08. The molecule has 12 heavy (non-hydrogen) atoms. The number of rotatable bonds is 1. The fourth-order valence-electron chi connectivity index (χ4n) is 0.501. The Morgan fingerprint density at radius 1 is 1.50 bits per heavy atom. The fraction of sp³-hybridized carbons (Fsp3) is 0. The SMILES string of the molecule is O=S(=O)(O)c1cc(Cl)sc1Cl.[Ca+2].[H-].[H-]. The minimum absolute atomic E-state index is 0. The van der Waals surface area contributed by atoms with Gasteiger partial charge in [-0.05, 0) is 6.07 Å². The zero-order chi connectivity index (χ0) is 8.65. The van der Waals surface area contributed by atoms with E-state index in [-0.39, 0.29) is 54.2 Å². The molecule has 0 aliphatic carbocycles. The molecule has 0 saturated carbocycles. The second kappa shape index (κ2) is 4.79. The summed E-state index contributed by atoms with van der Waals surface area (Å²) in [6.45, 7) is 0. The van der Waals surface area contributed by atoms with Gasteiger partial charge in [0.1, 0.15) is 9.23 Å². The van der Waals surface area contributed by atoms with E-state index in [2.05, 4.69) is 0 Å². The summed E-state index contributed by atoms with van der Waals surface area (Å²) >= 11 is 11.7. The van der Waals surface area contributed by atoms with Gasteiger partial charge >= 0.3 is 37.7 Å². The molecule has 8 heteroatoms. The largest absolute Gasteiger partial charge is 2.00 e. The molecule has 3 nitrogen and oxygen atoms in total.